The Hall–Kier alpha value is -2.29. The minimum Gasteiger partial charge on any atom is -0.374 e. The van der Waals surface area contributed by atoms with E-state index < -0.39 is 0 Å². The molecule has 0 spiro atoms. The van der Waals surface area contributed by atoms with Gasteiger partial charge in [-0.05, 0) is 49.7 Å². The molecule has 1 unspecified atom stereocenters. The molecule has 1 aliphatic heterocycles. The second kappa shape index (κ2) is 12.4. The van der Waals surface area contributed by atoms with Crippen LogP contribution in [0.25, 0.3) is 0 Å². The number of carbonyl (C=O) groups is 1. The number of allylic oxidation sites excluding steroid dienone is 5. The molecule has 0 saturated carbocycles. The van der Waals surface area contributed by atoms with Crippen LogP contribution in [0.1, 0.15) is 63.9 Å². The van der Waals surface area contributed by atoms with Crippen molar-refractivity contribution < 1.29 is 4.79 Å². The van der Waals surface area contributed by atoms with Crippen LogP contribution in [0.5, 0.6) is 0 Å². The van der Waals surface area contributed by atoms with E-state index in [1.54, 1.807) is 0 Å². The predicted octanol–water partition coefficient (Wildman–Crippen LogP) is 5.80. The fraction of sp³-hybridized carbons (Fsp3) is 0.519. The summed E-state index contributed by atoms with van der Waals surface area (Å²) in [5, 5.41) is 3.22. The molecule has 30 heavy (non-hydrogen) atoms. The molecular formula is C27H38N2O. The number of benzene rings is 1. The van der Waals surface area contributed by atoms with Gasteiger partial charge < -0.3 is 10.2 Å². The van der Waals surface area contributed by atoms with Crippen molar-refractivity contribution in [3.05, 3.63) is 71.5 Å². The van der Waals surface area contributed by atoms with Crippen LogP contribution in [-0.2, 0) is 11.2 Å². The Kier molecular flexibility index (Phi) is 9.27. The number of hydrogen-bond donors (Lipinski definition) is 1. The van der Waals surface area contributed by atoms with Crippen LogP contribution in [0.4, 0.5) is 0 Å². The zero-order valence-electron chi connectivity index (χ0n) is 18.6. The maximum atomic E-state index is 13.1. The summed E-state index contributed by atoms with van der Waals surface area (Å²) < 4.78 is 0. The zero-order chi connectivity index (χ0) is 21.0. The summed E-state index contributed by atoms with van der Waals surface area (Å²) in [4.78, 5) is 15.7. The third-order valence-electron chi connectivity index (χ3n) is 6.26. The monoisotopic (exact) mass is 406 g/mol. The lowest BCUT2D eigenvalue weighted by molar-refractivity contribution is -0.125. The number of carbonyl (C=O) groups excluding carboxylic acids is 1. The molecule has 0 bridgehead atoms. The molecule has 2 aliphatic rings. The molecule has 1 aliphatic carbocycles. The topological polar surface area (TPSA) is 32.3 Å². The highest BCUT2D eigenvalue weighted by molar-refractivity contribution is 5.79. The van der Waals surface area contributed by atoms with E-state index in [1.807, 2.05) is 6.07 Å². The number of hydrogen-bond acceptors (Lipinski definition) is 2. The van der Waals surface area contributed by atoms with E-state index in [0.29, 0.717) is 6.54 Å². The summed E-state index contributed by atoms with van der Waals surface area (Å²) in [5.74, 6) is 0.272. The maximum Gasteiger partial charge on any atom is 0.223 e. The molecular weight excluding hydrogens is 368 g/mol. The van der Waals surface area contributed by atoms with Crippen molar-refractivity contribution in [1.82, 2.24) is 10.2 Å². The van der Waals surface area contributed by atoms with Crippen molar-refractivity contribution in [2.24, 2.45) is 5.92 Å². The van der Waals surface area contributed by atoms with E-state index in [-0.39, 0.29) is 11.8 Å². The Balaban J connectivity index is 1.66. The highest BCUT2D eigenvalue weighted by Gasteiger charge is 2.23. The van der Waals surface area contributed by atoms with Gasteiger partial charge in [-0.2, -0.15) is 0 Å². The van der Waals surface area contributed by atoms with Gasteiger partial charge >= 0.3 is 0 Å². The van der Waals surface area contributed by atoms with Crippen molar-refractivity contribution in [3.8, 4) is 0 Å². The predicted molar refractivity (Wildman–Crippen MR) is 126 cm³/mol. The molecule has 1 aromatic rings. The Morgan fingerprint density at radius 1 is 1.10 bits per heavy atom. The summed E-state index contributed by atoms with van der Waals surface area (Å²) >= 11 is 0. The smallest absolute Gasteiger partial charge is 0.223 e. The SMILES string of the molecule is CCCCC(CC1=C(N2CCCCC2)CC=CC=C1)C(=O)NCCc1ccccc1. The van der Waals surface area contributed by atoms with Crippen LogP contribution >= 0.6 is 0 Å². The number of likely N-dealkylation sites (tertiary alicyclic amines) is 1. The fourth-order valence-electron chi connectivity index (χ4n) is 4.50. The van der Waals surface area contributed by atoms with Crippen LogP contribution < -0.4 is 5.32 Å². The first-order valence-corrected chi connectivity index (χ1v) is 11.9. The third-order valence-corrected chi connectivity index (χ3v) is 6.26. The lowest BCUT2D eigenvalue weighted by Gasteiger charge is -2.33. The van der Waals surface area contributed by atoms with Gasteiger partial charge in [-0.3, -0.25) is 4.79 Å². The second-order valence-electron chi connectivity index (χ2n) is 8.58. The van der Waals surface area contributed by atoms with Crippen LogP contribution in [0.2, 0.25) is 0 Å². The molecule has 1 N–H and O–H groups in total. The van der Waals surface area contributed by atoms with E-state index in [1.165, 1.54) is 36.1 Å². The van der Waals surface area contributed by atoms with Crippen molar-refractivity contribution in [2.45, 2.75) is 64.7 Å². The minimum atomic E-state index is 0.0539. The average molecular weight is 407 g/mol. The Morgan fingerprint density at radius 3 is 2.67 bits per heavy atom. The number of rotatable bonds is 10. The third kappa shape index (κ3) is 6.90. The number of nitrogens with one attached hydrogen (secondary N) is 1. The highest BCUT2D eigenvalue weighted by Crippen LogP contribution is 2.29. The summed E-state index contributed by atoms with van der Waals surface area (Å²) in [6.07, 6.45) is 18.6. The van der Waals surface area contributed by atoms with Crippen molar-refractivity contribution in [2.75, 3.05) is 19.6 Å². The molecule has 3 nitrogen and oxygen atoms in total. The molecule has 1 saturated heterocycles. The van der Waals surface area contributed by atoms with Crippen molar-refractivity contribution >= 4 is 5.91 Å². The van der Waals surface area contributed by atoms with Gasteiger partial charge in [0.1, 0.15) is 0 Å². The van der Waals surface area contributed by atoms with Gasteiger partial charge in [0.15, 0.2) is 0 Å². The van der Waals surface area contributed by atoms with Crippen LogP contribution in [0, 0.1) is 5.92 Å². The molecule has 0 aromatic heterocycles. The average Bonchev–Trinajstić information content (AvgIpc) is 3.03. The standard InChI is InChI=1S/C27H38N2O/c1-2-3-15-25(27(30)28-19-18-23-13-7-4-8-14-23)22-24-16-9-5-10-17-26(24)29-20-11-6-12-21-29/h4-5,7-10,13-14,16,25H,2-3,6,11-12,15,17-22H2,1H3,(H,28,30). The lowest BCUT2D eigenvalue weighted by atomic mass is 9.91. The molecule has 1 atom stereocenters. The van der Waals surface area contributed by atoms with E-state index in [2.05, 4.69) is 65.7 Å². The van der Waals surface area contributed by atoms with Crippen LogP contribution in [0.3, 0.4) is 0 Å². The van der Waals surface area contributed by atoms with E-state index >= 15 is 0 Å². The van der Waals surface area contributed by atoms with E-state index in [0.717, 1.165) is 51.6 Å². The Morgan fingerprint density at radius 2 is 1.90 bits per heavy atom. The van der Waals surface area contributed by atoms with Gasteiger partial charge in [-0.25, -0.2) is 0 Å². The molecule has 0 radical (unpaired) electrons. The number of nitrogens with zero attached hydrogens (tertiary/aromatic N) is 1. The lowest BCUT2D eigenvalue weighted by Crippen LogP contribution is -2.33. The number of amides is 1. The maximum absolute atomic E-state index is 13.1. The van der Waals surface area contributed by atoms with Gasteiger partial charge in [-0.15, -0.1) is 0 Å². The van der Waals surface area contributed by atoms with Crippen molar-refractivity contribution in [1.29, 1.82) is 0 Å². The molecule has 3 heteroatoms. The van der Waals surface area contributed by atoms with E-state index in [9.17, 15) is 4.79 Å². The molecule has 1 fully saturated rings. The van der Waals surface area contributed by atoms with E-state index in [4.69, 9.17) is 0 Å². The van der Waals surface area contributed by atoms with Gasteiger partial charge in [-0.1, -0.05) is 74.4 Å². The Bertz CT molecular complexity index is 741. The van der Waals surface area contributed by atoms with Crippen molar-refractivity contribution in [3.63, 3.8) is 0 Å². The number of unbranched alkanes of at least 4 members (excludes halogenated alkanes) is 1. The fourth-order valence-corrected chi connectivity index (χ4v) is 4.50. The molecule has 162 valence electrons. The summed E-state index contributed by atoms with van der Waals surface area (Å²) in [7, 11) is 0. The highest BCUT2D eigenvalue weighted by atomic mass is 16.1. The zero-order valence-corrected chi connectivity index (χ0v) is 18.6. The summed E-state index contributed by atoms with van der Waals surface area (Å²) in [6, 6.07) is 10.4. The number of piperidine rings is 1. The molecule has 1 heterocycles. The van der Waals surface area contributed by atoms with Crippen LogP contribution in [-0.4, -0.2) is 30.4 Å². The Labute approximate surface area is 182 Å². The molecule has 1 aromatic carbocycles. The van der Waals surface area contributed by atoms with Gasteiger partial charge in [0, 0.05) is 37.7 Å². The largest absolute Gasteiger partial charge is 0.374 e. The van der Waals surface area contributed by atoms with Crippen LogP contribution in [0.15, 0.2) is 65.9 Å². The van der Waals surface area contributed by atoms with Gasteiger partial charge in [0.2, 0.25) is 5.91 Å². The normalized spacial score (nSPS) is 17.7. The van der Waals surface area contributed by atoms with Gasteiger partial charge in [0.05, 0.1) is 0 Å². The quantitative estimate of drug-likeness (QED) is 0.533. The summed E-state index contributed by atoms with van der Waals surface area (Å²) in [6.45, 7) is 5.23. The minimum absolute atomic E-state index is 0.0539. The van der Waals surface area contributed by atoms with Gasteiger partial charge in [0.25, 0.3) is 0 Å². The first-order valence-electron chi connectivity index (χ1n) is 11.9. The first-order chi connectivity index (χ1) is 14.8. The second-order valence-corrected chi connectivity index (χ2v) is 8.58. The first kappa shape index (κ1) is 22.4. The molecule has 3 rings (SSSR count). The molecule has 1 amide bonds. The summed E-state index contributed by atoms with van der Waals surface area (Å²) in [5.41, 5.74) is 4.08.